The molecule has 0 unspecified atom stereocenters. The van der Waals surface area contributed by atoms with E-state index in [1.165, 1.54) is 30.1 Å². The lowest BCUT2D eigenvalue weighted by molar-refractivity contribution is -0.383. The van der Waals surface area contributed by atoms with E-state index in [0.29, 0.717) is 0 Å². The predicted molar refractivity (Wildman–Crippen MR) is 69.7 cm³/mol. The molecule has 0 aliphatic rings. The van der Waals surface area contributed by atoms with E-state index in [0.717, 1.165) is 7.48 Å². The molecular formula is C11H12BN2O6. The van der Waals surface area contributed by atoms with Crippen molar-refractivity contribution in [2.24, 2.45) is 0 Å². The summed E-state index contributed by atoms with van der Waals surface area (Å²) in [6, 6.07) is 5.80. The molecule has 0 bridgehead atoms. The van der Waals surface area contributed by atoms with Crippen molar-refractivity contribution in [1.29, 1.82) is 0 Å². The van der Waals surface area contributed by atoms with E-state index in [-0.39, 0.29) is 24.2 Å². The third kappa shape index (κ3) is 5.06. The summed E-state index contributed by atoms with van der Waals surface area (Å²) in [6.07, 6.45) is 0. The average molecular weight is 279 g/mol. The molecule has 1 N–H and O–H groups in total. The quantitative estimate of drug-likeness (QED) is 0.403. The molecule has 1 aromatic rings. The molecule has 1 rings (SSSR count). The Morgan fingerprint density at radius 3 is 2.65 bits per heavy atom. The lowest BCUT2D eigenvalue weighted by Gasteiger charge is -2.12. The van der Waals surface area contributed by atoms with Gasteiger partial charge in [0.25, 0.3) is 5.69 Å². The second-order valence-corrected chi connectivity index (χ2v) is 3.99. The maximum atomic E-state index is 11.4. The first-order chi connectivity index (χ1) is 9.40. The van der Waals surface area contributed by atoms with E-state index in [4.69, 9.17) is 9.76 Å². The van der Waals surface area contributed by atoms with Crippen molar-refractivity contribution < 1.29 is 24.3 Å². The van der Waals surface area contributed by atoms with Crippen LogP contribution < -0.4 is 5.46 Å². The molecule has 1 radical (unpaired) electrons. The highest BCUT2D eigenvalue weighted by Crippen LogP contribution is 2.05. The van der Waals surface area contributed by atoms with Gasteiger partial charge in [-0.2, -0.15) is 0 Å². The number of nitro benzene ring substituents is 1. The number of nitro groups is 1. The molecule has 20 heavy (non-hydrogen) atoms. The van der Waals surface area contributed by atoms with Gasteiger partial charge in [0, 0.05) is 11.5 Å². The number of hydrogen-bond donors (Lipinski definition) is 1. The van der Waals surface area contributed by atoms with Crippen molar-refractivity contribution >= 4 is 30.6 Å². The molecule has 0 amide bonds. The van der Waals surface area contributed by atoms with Gasteiger partial charge in [0.2, 0.25) is 0 Å². The van der Waals surface area contributed by atoms with E-state index in [9.17, 15) is 19.7 Å². The summed E-state index contributed by atoms with van der Waals surface area (Å²) in [5.74, 6) is -1.77. The van der Waals surface area contributed by atoms with Gasteiger partial charge in [-0.05, 0) is 7.05 Å². The molecule has 8 nitrogen and oxygen atoms in total. The molecular weight excluding hydrogens is 267 g/mol. The number of para-hydroxylation sites is 1. The summed E-state index contributed by atoms with van der Waals surface area (Å²) in [7, 11) is 2.43. The van der Waals surface area contributed by atoms with Gasteiger partial charge in [0.1, 0.15) is 0 Å². The van der Waals surface area contributed by atoms with E-state index in [2.05, 4.69) is 0 Å². The zero-order valence-electron chi connectivity index (χ0n) is 10.7. The second-order valence-electron chi connectivity index (χ2n) is 3.99. The fourth-order valence-electron chi connectivity index (χ4n) is 1.43. The third-order valence-corrected chi connectivity index (χ3v) is 2.25. The van der Waals surface area contributed by atoms with Crippen molar-refractivity contribution in [3.05, 3.63) is 34.4 Å². The molecule has 0 heterocycles. The van der Waals surface area contributed by atoms with E-state index < -0.39 is 16.9 Å². The SMILES string of the molecule is CN(CC(=O)O)CC(=O)O[B]c1ccccc1[N+](=O)[O-]. The number of carbonyl (C=O) groups is 2. The molecule has 9 heteroatoms. The molecule has 0 saturated heterocycles. The molecule has 0 aromatic heterocycles. The maximum absolute atomic E-state index is 11.4. The number of aliphatic carboxylic acids is 1. The highest BCUT2D eigenvalue weighted by molar-refractivity contribution is 6.50. The Morgan fingerprint density at radius 1 is 1.40 bits per heavy atom. The zero-order valence-corrected chi connectivity index (χ0v) is 10.7. The molecule has 0 aliphatic carbocycles. The highest BCUT2D eigenvalue weighted by Gasteiger charge is 2.17. The van der Waals surface area contributed by atoms with Crippen LogP contribution in [0.25, 0.3) is 0 Å². The Balaban J connectivity index is 2.53. The number of carboxylic acids is 1. The van der Waals surface area contributed by atoms with Crippen LogP contribution in [0.1, 0.15) is 0 Å². The molecule has 0 aliphatic heterocycles. The Morgan fingerprint density at radius 2 is 2.05 bits per heavy atom. The lowest BCUT2D eigenvalue weighted by Crippen LogP contribution is -2.34. The molecule has 0 atom stereocenters. The lowest BCUT2D eigenvalue weighted by atomic mass is 9.86. The number of benzene rings is 1. The Labute approximate surface area is 115 Å². The van der Waals surface area contributed by atoms with E-state index in [1.807, 2.05) is 0 Å². The third-order valence-electron chi connectivity index (χ3n) is 2.25. The normalized spacial score (nSPS) is 10.1. The number of carbonyl (C=O) groups excluding carboxylic acids is 1. The number of carboxylic acid groups (broad SMARTS) is 1. The second kappa shape index (κ2) is 7.24. The van der Waals surface area contributed by atoms with Crippen molar-refractivity contribution in [2.75, 3.05) is 20.1 Å². The summed E-state index contributed by atoms with van der Waals surface area (Å²) in [5, 5.41) is 19.3. The van der Waals surface area contributed by atoms with Gasteiger partial charge in [-0.15, -0.1) is 0 Å². The van der Waals surface area contributed by atoms with Crippen molar-refractivity contribution in [3.63, 3.8) is 0 Å². The minimum absolute atomic E-state index is 0.159. The minimum atomic E-state index is -1.07. The van der Waals surface area contributed by atoms with Gasteiger partial charge >= 0.3 is 19.4 Å². The first-order valence-electron chi connectivity index (χ1n) is 5.56. The molecule has 0 saturated carbocycles. The average Bonchev–Trinajstić information content (AvgIpc) is 2.35. The van der Waals surface area contributed by atoms with Crippen LogP contribution in [-0.4, -0.2) is 54.5 Å². The Hall–Kier alpha value is -2.42. The van der Waals surface area contributed by atoms with Crippen LogP contribution in [0.2, 0.25) is 0 Å². The minimum Gasteiger partial charge on any atom is -0.532 e. The smallest absolute Gasteiger partial charge is 0.419 e. The van der Waals surface area contributed by atoms with E-state index in [1.54, 1.807) is 6.07 Å². The fraction of sp³-hybridized carbons (Fsp3) is 0.273. The fourth-order valence-corrected chi connectivity index (χ4v) is 1.43. The van der Waals surface area contributed by atoms with Gasteiger partial charge < -0.3 is 9.76 Å². The first-order valence-corrected chi connectivity index (χ1v) is 5.56. The molecule has 0 spiro atoms. The van der Waals surface area contributed by atoms with Crippen LogP contribution in [0.3, 0.4) is 0 Å². The van der Waals surface area contributed by atoms with Crippen LogP contribution in [0.5, 0.6) is 0 Å². The monoisotopic (exact) mass is 279 g/mol. The molecule has 105 valence electrons. The summed E-state index contributed by atoms with van der Waals surface area (Å²) in [6.45, 7) is -0.538. The summed E-state index contributed by atoms with van der Waals surface area (Å²) in [5.41, 5.74) is -0.0223. The standard InChI is InChI=1S/C11H12BN2O6/c1-13(6-10(15)16)7-11(17)20-12-8-4-2-3-5-9(8)14(18)19/h2-5H,6-7H2,1H3,(H,15,16). The summed E-state index contributed by atoms with van der Waals surface area (Å²) >= 11 is 0. The highest BCUT2D eigenvalue weighted by atomic mass is 16.6. The van der Waals surface area contributed by atoms with Crippen molar-refractivity contribution in [1.82, 2.24) is 4.90 Å². The van der Waals surface area contributed by atoms with Crippen LogP contribution in [0.4, 0.5) is 5.69 Å². The first kappa shape index (κ1) is 15.6. The van der Waals surface area contributed by atoms with Gasteiger partial charge in [0.05, 0.1) is 18.0 Å². The summed E-state index contributed by atoms with van der Waals surface area (Å²) in [4.78, 5) is 33.2. The zero-order chi connectivity index (χ0) is 15.1. The predicted octanol–water partition coefficient (Wildman–Crippen LogP) is -0.601. The number of hydrogen-bond acceptors (Lipinski definition) is 6. The van der Waals surface area contributed by atoms with Crippen LogP contribution in [0.15, 0.2) is 24.3 Å². The van der Waals surface area contributed by atoms with Crippen molar-refractivity contribution in [2.45, 2.75) is 0 Å². The number of nitrogens with zero attached hydrogens (tertiary/aromatic N) is 2. The summed E-state index contributed by atoms with van der Waals surface area (Å²) < 4.78 is 4.77. The number of rotatable bonds is 7. The largest absolute Gasteiger partial charge is 0.532 e. The number of likely N-dealkylation sites (N-methyl/N-ethyl adjacent to an activating group) is 1. The van der Waals surface area contributed by atoms with Crippen LogP contribution >= 0.6 is 0 Å². The Bertz CT molecular complexity index is 521. The topological polar surface area (TPSA) is 110 Å². The van der Waals surface area contributed by atoms with Gasteiger partial charge in [-0.25, -0.2) is 0 Å². The van der Waals surface area contributed by atoms with Crippen LogP contribution in [-0.2, 0) is 14.2 Å². The van der Waals surface area contributed by atoms with Gasteiger partial charge in [0.15, 0.2) is 0 Å². The van der Waals surface area contributed by atoms with Gasteiger partial charge in [-0.3, -0.25) is 24.6 Å². The van der Waals surface area contributed by atoms with Gasteiger partial charge in [-0.1, -0.05) is 18.2 Å². The molecule has 1 aromatic carbocycles. The maximum Gasteiger partial charge on any atom is 0.419 e. The van der Waals surface area contributed by atoms with Crippen LogP contribution in [0, 0.1) is 10.1 Å². The molecule has 0 fully saturated rings. The Kier molecular flexibility index (Phi) is 5.66. The van der Waals surface area contributed by atoms with E-state index >= 15 is 0 Å². The van der Waals surface area contributed by atoms with Crippen molar-refractivity contribution in [3.8, 4) is 0 Å².